The van der Waals surface area contributed by atoms with Gasteiger partial charge >= 0.3 is 0 Å². The number of hydrogen-bond donors (Lipinski definition) is 1. The fourth-order valence-corrected chi connectivity index (χ4v) is 3.21. The summed E-state index contributed by atoms with van der Waals surface area (Å²) in [6, 6.07) is 11.9. The maximum atomic E-state index is 12.6. The highest BCUT2D eigenvalue weighted by Crippen LogP contribution is 2.21. The fraction of sp³-hybridized carbons (Fsp3) is 0.421. The van der Waals surface area contributed by atoms with E-state index >= 15 is 0 Å². The van der Waals surface area contributed by atoms with Crippen molar-refractivity contribution in [1.82, 2.24) is 9.47 Å². The monoisotopic (exact) mass is 312 g/mol. The zero-order valence-electron chi connectivity index (χ0n) is 13.6. The van der Waals surface area contributed by atoms with Crippen molar-refractivity contribution >= 4 is 5.91 Å². The molecule has 23 heavy (non-hydrogen) atoms. The van der Waals surface area contributed by atoms with Crippen LogP contribution in [0.15, 0.2) is 48.8 Å². The first kappa shape index (κ1) is 15.8. The summed E-state index contributed by atoms with van der Waals surface area (Å²) in [6.07, 6.45) is 5.67. The van der Waals surface area contributed by atoms with Crippen LogP contribution in [0, 0.1) is 5.92 Å². The molecule has 0 aliphatic carbocycles. The molecule has 122 valence electrons. The maximum Gasteiger partial charge on any atom is 0.253 e. The minimum absolute atomic E-state index is 0.0721. The molecule has 0 unspecified atom stereocenters. The summed E-state index contributed by atoms with van der Waals surface area (Å²) in [4.78, 5) is 14.5. The molecule has 4 nitrogen and oxygen atoms in total. The normalized spacial score (nSPS) is 19.6. The van der Waals surface area contributed by atoms with E-state index < -0.39 is 0 Å². The van der Waals surface area contributed by atoms with Crippen molar-refractivity contribution in [2.24, 2.45) is 5.92 Å². The number of aromatic nitrogens is 1. The second-order valence-corrected chi connectivity index (χ2v) is 6.45. The predicted molar refractivity (Wildman–Crippen MR) is 90.3 cm³/mol. The molecule has 1 aliphatic rings. The molecule has 1 aromatic heterocycles. The number of hydrogen-bond acceptors (Lipinski definition) is 2. The molecule has 1 saturated heterocycles. The lowest BCUT2D eigenvalue weighted by Crippen LogP contribution is -2.42. The van der Waals surface area contributed by atoms with E-state index in [2.05, 4.69) is 4.57 Å². The molecule has 1 N–H and O–H groups in total. The molecule has 4 heteroatoms. The van der Waals surface area contributed by atoms with Gasteiger partial charge in [0.1, 0.15) is 0 Å². The van der Waals surface area contributed by atoms with E-state index in [9.17, 15) is 9.90 Å². The zero-order valence-corrected chi connectivity index (χ0v) is 13.6. The second-order valence-electron chi connectivity index (χ2n) is 6.45. The molecule has 0 spiro atoms. The first-order valence-corrected chi connectivity index (χ1v) is 8.30. The van der Waals surface area contributed by atoms with Crippen LogP contribution in [-0.4, -0.2) is 39.7 Å². The highest BCUT2D eigenvalue weighted by molar-refractivity contribution is 5.94. The Labute approximate surface area is 137 Å². The number of carbonyl (C=O) groups excluding carboxylic acids is 1. The maximum absolute atomic E-state index is 12.6. The number of aliphatic hydroxyl groups excluding tert-OH is 1. The van der Waals surface area contributed by atoms with Crippen LogP contribution in [-0.2, 0) is 6.54 Å². The Morgan fingerprint density at radius 1 is 1.26 bits per heavy atom. The third kappa shape index (κ3) is 3.82. The highest BCUT2D eigenvalue weighted by Gasteiger charge is 2.26. The summed E-state index contributed by atoms with van der Waals surface area (Å²) in [5.74, 6) is 0.267. The third-order valence-corrected chi connectivity index (χ3v) is 4.66. The van der Waals surface area contributed by atoms with Gasteiger partial charge in [0, 0.05) is 43.5 Å². The molecular weight excluding hydrogens is 288 g/mol. The topological polar surface area (TPSA) is 45.5 Å². The number of rotatable bonds is 4. The van der Waals surface area contributed by atoms with E-state index in [-0.39, 0.29) is 17.9 Å². The summed E-state index contributed by atoms with van der Waals surface area (Å²) in [5.41, 5.74) is 1.91. The van der Waals surface area contributed by atoms with Gasteiger partial charge in [0.05, 0.1) is 6.10 Å². The quantitative estimate of drug-likeness (QED) is 0.943. The third-order valence-electron chi connectivity index (χ3n) is 4.66. The smallest absolute Gasteiger partial charge is 0.253 e. The van der Waals surface area contributed by atoms with Crippen LogP contribution in [0.5, 0.6) is 0 Å². The standard InChI is InChI=1S/C19H24N2O2/c1-15(22)18-5-4-12-21(14-18)19(23)17-8-6-16(7-9-17)13-20-10-2-3-11-20/h2-3,6-11,15,18,22H,4-5,12-14H2,1H3/t15-,18+/m1/s1. The SMILES string of the molecule is C[C@@H](O)[C@H]1CCCN(C(=O)c2ccc(Cn3cccc3)cc2)C1. The summed E-state index contributed by atoms with van der Waals surface area (Å²) in [5, 5.41) is 9.77. The van der Waals surface area contributed by atoms with Gasteiger partial charge < -0.3 is 14.6 Å². The number of carbonyl (C=O) groups is 1. The molecular formula is C19H24N2O2. The molecule has 2 aromatic rings. The van der Waals surface area contributed by atoms with Crippen molar-refractivity contribution < 1.29 is 9.90 Å². The van der Waals surface area contributed by atoms with Crippen LogP contribution in [0.2, 0.25) is 0 Å². The molecule has 2 heterocycles. The van der Waals surface area contributed by atoms with Crippen LogP contribution in [0.4, 0.5) is 0 Å². The second kappa shape index (κ2) is 7.01. The molecule has 1 aromatic carbocycles. The number of likely N-dealkylation sites (tertiary alicyclic amines) is 1. The number of benzene rings is 1. The highest BCUT2D eigenvalue weighted by atomic mass is 16.3. The van der Waals surface area contributed by atoms with Gasteiger partial charge in [-0.05, 0) is 49.6 Å². The predicted octanol–water partition coefficient (Wildman–Crippen LogP) is 2.77. The largest absolute Gasteiger partial charge is 0.393 e. The molecule has 1 aliphatic heterocycles. The lowest BCUT2D eigenvalue weighted by molar-refractivity contribution is 0.0466. The summed E-state index contributed by atoms with van der Waals surface area (Å²) in [7, 11) is 0. The minimum Gasteiger partial charge on any atom is -0.393 e. The number of piperidine rings is 1. The summed E-state index contributed by atoms with van der Waals surface area (Å²) in [6.45, 7) is 4.07. The van der Waals surface area contributed by atoms with Crippen LogP contribution < -0.4 is 0 Å². The van der Waals surface area contributed by atoms with E-state index in [4.69, 9.17) is 0 Å². The van der Waals surface area contributed by atoms with Crippen molar-refractivity contribution in [2.45, 2.75) is 32.4 Å². The van der Waals surface area contributed by atoms with E-state index in [1.807, 2.05) is 60.6 Å². The van der Waals surface area contributed by atoms with Gasteiger partial charge in [-0.1, -0.05) is 12.1 Å². The van der Waals surface area contributed by atoms with Gasteiger partial charge in [-0.25, -0.2) is 0 Å². The lowest BCUT2D eigenvalue weighted by Gasteiger charge is -2.34. The molecule has 1 fully saturated rings. The van der Waals surface area contributed by atoms with Crippen molar-refractivity contribution in [3.8, 4) is 0 Å². The minimum atomic E-state index is -0.352. The molecule has 0 saturated carbocycles. The number of amides is 1. The average Bonchev–Trinajstić information content (AvgIpc) is 3.08. The Kier molecular flexibility index (Phi) is 4.82. The van der Waals surface area contributed by atoms with Crippen molar-refractivity contribution in [3.63, 3.8) is 0 Å². The van der Waals surface area contributed by atoms with Crippen molar-refractivity contribution in [3.05, 3.63) is 59.9 Å². The van der Waals surface area contributed by atoms with Gasteiger partial charge in [0.2, 0.25) is 0 Å². The van der Waals surface area contributed by atoms with E-state index in [0.29, 0.717) is 6.54 Å². The van der Waals surface area contributed by atoms with Gasteiger partial charge in [-0.3, -0.25) is 4.79 Å². The first-order valence-electron chi connectivity index (χ1n) is 8.30. The Hall–Kier alpha value is -2.07. The molecule has 3 rings (SSSR count). The van der Waals surface area contributed by atoms with E-state index in [1.54, 1.807) is 0 Å². The van der Waals surface area contributed by atoms with Gasteiger partial charge in [-0.2, -0.15) is 0 Å². The lowest BCUT2D eigenvalue weighted by atomic mass is 9.93. The Bertz CT molecular complexity index is 632. The van der Waals surface area contributed by atoms with Crippen LogP contribution in [0.3, 0.4) is 0 Å². The van der Waals surface area contributed by atoms with E-state index in [1.165, 1.54) is 5.56 Å². The van der Waals surface area contributed by atoms with Gasteiger partial charge in [0.25, 0.3) is 5.91 Å². The Balaban J connectivity index is 1.65. The van der Waals surface area contributed by atoms with Gasteiger partial charge in [-0.15, -0.1) is 0 Å². The fourth-order valence-electron chi connectivity index (χ4n) is 3.21. The van der Waals surface area contributed by atoms with Crippen LogP contribution in [0.25, 0.3) is 0 Å². The summed E-state index contributed by atoms with van der Waals surface area (Å²) < 4.78 is 2.11. The molecule has 2 atom stereocenters. The molecule has 1 amide bonds. The van der Waals surface area contributed by atoms with Crippen molar-refractivity contribution in [2.75, 3.05) is 13.1 Å². The zero-order chi connectivity index (χ0) is 16.2. The summed E-state index contributed by atoms with van der Waals surface area (Å²) >= 11 is 0. The van der Waals surface area contributed by atoms with E-state index in [0.717, 1.165) is 31.5 Å². The molecule has 0 radical (unpaired) electrons. The van der Waals surface area contributed by atoms with Gasteiger partial charge in [0.15, 0.2) is 0 Å². The van der Waals surface area contributed by atoms with Crippen LogP contribution in [0.1, 0.15) is 35.7 Å². The Morgan fingerprint density at radius 3 is 2.61 bits per heavy atom. The molecule has 0 bridgehead atoms. The van der Waals surface area contributed by atoms with Crippen LogP contribution >= 0.6 is 0 Å². The Morgan fingerprint density at radius 2 is 1.96 bits per heavy atom. The first-order chi connectivity index (χ1) is 11.1. The van der Waals surface area contributed by atoms with Crippen molar-refractivity contribution in [1.29, 1.82) is 0 Å². The average molecular weight is 312 g/mol. The number of aliphatic hydroxyl groups is 1. The number of nitrogens with zero attached hydrogens (tertiary/aromatic N) is 2.